The van der Waals surface area contributed by atoms with Crippen molar-refractivity contribution in [3.8, 4) is 0 Å². The van der Waals surface area contributed by atoms with Gasteiger partial charge < -0.3 is 10.1 Å². The molecule has 1 aromatic heterocycles. The third kappa shape index (κ3) is 3.98. The molecule has 0 radical (unpaired) electrons. The van der Waals surface area contributed by atoms with Crippen LogP contribution in [0.15, 0.2) is 6.07 Å². The molecule has 0 bridgehead atoms. The second-order valence-electron chi connectivity index (χ2n) is 7.20. The topological polar surface area (TPSA) is 59.4 Å². The fraction of sp³-hybridized carbons (Fsp3) is 0.778. The fourth-order valence-electron chi connectivity index (χ4n) is 3.94. The lowest BCUT2D eigenvalue weighted by atomic mass is 10.1. The van der Waals surface area contributed by atoms with Crippen molar-refractivity contribution in [2.75, 3.05) is 19.7 Å². The van der Waals surface area contributed by atoms with E-state index in [0.29, 0.717) is 12.6 Å². The number of aromatic nitrogens is 2. The molecule has 0 aliphatic carbocycles. The van der Waals surface area contributed by atoms with E-state index in [0.717, 1.165) is 51.1 Å². The van der Waals surface area contributed by atoms with Gasteiger partial charge in [0.25, 0.3) is 0 Å². The Labute approximate surface area is 144 Å². The monoisotopic (exact) mass is 334 g/mol. The van der Waals surface area contributed by atoms with Gasteiger partial charge in [-0.2, -0.15) is 5.10 Å². The fourth-order valence-corrected chi connectivity index (χ4v) is 3.94. The molecule has 3 atom stereocenters. The van der Waals surface area contributed by atoms with E-state index < -0.39 is 0 Å². The van der Waals surface area contributed by atoms with Crippen molar-refractivity contribution in [2.24, 2.45) is 0 Å². The summed E-state index contributed by atoms with van der Waals surface area (Å²) in [7, 11) is 0. The summed E-state index contributed by atoms with van der Waals surface area (Å²) in [6, 6.07) is 2.39. The number of hydrogen-bond donors (Lipinski definition) is 1. The van der Waals surface area contributed by atoms with Crippen LogP contribution in [-0.4, -0.2) is 58.5 Å². The number of carbonyl (C=O) groups is 1. The van der Waals surface area contributed by atoms with Gasteiger partial charge in [-0.3, -0.25) is 14.4 Å². The van der Waals surface area contributed by atoms with Crippen molar-refractivity contribution in [3.05, 3.63) is 17.5 Å². The molecule has 1 N–H and O–H groups in total. The van der Waals surface area contributed by atoms with Crippen LogP contribution < -0.4 is 5.32 Å². The summed E-state index contributed by atoms with van der Waals surface area (Å²) < 4.78 is 7.66. The Balaban J connectivity index is 1.55. The molecule has 2 saturated heterocycles. The summed E-state index contributed by atoms with van der Waals surface area (Å²) in [5.74, 6) is 0.116. The van der Waals surface area contributed by atoms with Gasteiger partial charge in [0.2, 0.25) is 5.91 Å². The number of hydrogen-bond acceptors (Lipinski definition) is 4. The van der Waals surface area contributed by atoms with Crippen LogP contribution in [0.2, 0.25) is 0 Å². The largest absolute Gasteiger partial charge is 0.376 e. The Morgan fingerprint density at radius 2 is 2.25 bits per heavy atom. The lowest BCUT2D eigenvalue weighted by Crippen LogP contribution is -2.49. The van der Waals surface area contributed by atoms with Crippen molar-refractivity contribution in [1.29, 1.82) is 0 Å². The summed E-state index contributed by atoms with van der Waals surface area (Å²) in [4.78, 5) is 14.9. The first-order valence-electron chi connectivity index (χ1n) is 9.20. The Morgan fingerprint density at radius 3 is 2.92 bits per heavy atom. The molecule has 3 rings (SSSR count). The van der Waals surface area contributed by atoms with Gasteiger partial charge >= 0.3 is 0 Å². The van der Waals surface area contributed by atoms with Crippen LogP contribution in [0.4, 0.5) is 0 Å². The van der Waals surface area contributed by atoms with Crippen molar-refractivity contribution >= 4 is 5.91 Å². The number of nitrogens with one attached hydrogen (secondary N) is 1. The third-order valence-corrected chi connectivity index (χ3v) is 5.31. The molecule has 1 amide bonds. The van der Waals surface area contributed by atoms with Gasteiger partial charge in [-0.05, 0) is 59.1 Å². The normalized spacial score (nSPS) is 26.0. The predicted octanol–water partition coefficient (Wildman–Crippen LogP) is 1.65. The van der Waals surface area contributed by atoms with Gasteiger partial charge in [0.15, 0.2) is 0 Å². The molecular formula is C18H30N4O2. The highest BCUT2D eigenvalue weighted by molar-refractivity contribution is 5.81. The minimum Gasteiger partial charge on any atom is -0.376 e. The number of rotatable bonds is 6. The van der Waals surface area contributed by atoms with Gasteiger partial charge in [-0.1, -0.05) is 0 Å². The minimum atomic E-state index is -0.101. The zero-order valence-corrected chi connectivity index (χ0v) is 15.1. The number of carbonyl (C=O) groups excluding carboxylic acids is 1. The SMILES string of the molecule is Cc1cc(C)n(C[C@@H]2CCCN2[C@H](C)C(=O)NC[C@H]2CCCO2)n1. The standard InChI is InChI=1S/C18H30N4O2/c1-13-10-14(2)22(20-13)12-16-6-4-8-21(16)15(3)18(23)19-11-17-7-5-9-24-17/h10,15-17H,4-9,11-12H2,1-3H3,(H,19,23)/t15-,16+,17-/m1/s1. The molecule has 2 aliphatic rings. The predicted molar refractivity (Wildman–Crippen MR) is 92.9 cm³/mol. The van der Waals surface area contributed by atoms with E-state index in [9.17, 15) is 4.79 Å². The van der Waals surface area contributed by atoms with Crippen molar-refractivity contribution in [3.63, 3.8) is 0 Å². The molecule has 6 heteroatoms. The van der Waals surface area contributed by atoms with Gasteiger partial charge in [-0.15, -0.1) is 0 Å². The second-order valence-corrected chi connectivity index (χ2v) is 7.20. The van der Waals surface area contributed by atoms with Crippen LogP contribution in [0, 0.1) is 13.8 Å². The number of likely N-dealkylation sites (tertiary alicyclic amines) is 1. The molecule has 2 fully saturated rings. The zero-order chi connectivity index (χ0) is 17.1. The molecule has 0 saturated carbocycles. The summed E-state index contributed by atoms with van der Waals surface area (Å²) in [5, 5.41) is 7.65. The number of aryl methyl sites for hydroxylation is 2. The molecule has 1 aromatic rings. The van der Waals surface area contributed by atoms with E-state index in [1.54, 1.807) is 0 Å². The van der Waals surface area contributed by atoms with Gasteiger partial charge in [0.1, 0.15) is 0 Å². The average Bonchev–Trinajstić information content (AvgIpc) is 3.27. The van der Waals surface area contributed by atoms with Crippen LogP contribution in [0.25, 0.3) is 0 Å². The van der Waals surface area contributed by atoms with E-state index in [2.05, 4.69) is 33.0 Å². The lowest BCUT2D eigenvalue weighted by molar-refractivity contribution is -0.126. The van der Waals surface area contributed by atoms with Crippen molar-refractivity contribution in [2.45, 2.75) is 71.2 Å². The molecule has 24 heavy (non-hydrogen) atoms. The maximum atomic E-state index is 12.5. The molecule has 3 heterocycles. The van der Waals surface area contributed by atoms with Gasteiger partial charge in [0, 0.05) is 24.9 Å². The summed E-state index contributed by atoms with van der Waals surface area (Å²) in [6.45, 7) is 9.45. The van der Waals surface area contributed by atoms with Crippen LogP contribution in [0.5, 0.6) is 0 Å². The lowest BCUT2D eigenvalue weighted by Gasteiger charge is -2.30. The van der Waals surface area contributed by atoms with Crippen molar-refractivity contribution < 1.29 is 9.53 Å². The summed E-state index contributed by atoms with van der Waals surface area (Å²) in [5.41, 5.74) is 2.24. The number of nitrogens with zero attached hydrogens (tertiary/aromatic N) is 3. The average molecular weight is 334 g/mol. The van der Waals surface area contributed by atoms with E-state index in [1.807, 2.05) is 13.8 Å². The smallest absolute Gasteiger partial charge is 0.237 e. The zero-order valence-electron chi connectivity index (χ0n) is 15.1. The Bertz CT molecular complexity index is 565. The second kappa shape index (κ2) is 7.66. The van der Waals surface area contributed by atoms with Crippen LogP contribution in [0.1, 0.15) is 44.0 Å². The Morgan fingerprint density at radius 1 is 1.42 bits per heavy atom. The maximum Gasteiger partial charge on any atom is 0.237 e. The van der Waals surface area contributed by atoms with Crippen LogP contribution in [0.3, 0.4) is 0 Å². The summed E-state index contributed by atoms with van der Waals surface area (Å²) >= 11 is 0. The highest BCUT2D eigenvalue weighted by atomic mass is 16.5. The minimum absolute atomic E-state index is 0.101. The van der Waals surface area contributed by atoms with Crippen LogP contribution in [-0.2, 0) is 16.1 Å². The number of amides is 1. The van der Waals surface area contributed by atoms with Crippen molar-refractivity contribution in [1.82, 2.24) is 20.0 Å². The third-order valence-electron chi connectivity index (χ3n) is 5.31. The molecule has 0 unspecified atom stereocenters. The molecular weight excluding hydrogens is 304 g/mol. The maximum absolute atomic E-state index is 12.5. The highest BCUT2D eigenvalue weighted by Gasteiger charge is 2.32. The Kier molecular flexibility index (Phi) is 5.56. The number of ether oxygens (including phenoxy) is 1. The Hall–Kier alpha value is -1.40. The molecule has 2 aliphatic heterocycles. The first-order chi connectivity index (χ1) is 11.5. The summed E-state index contributed by atoms with van der Waals surface area (Å²) in [6.07, 6.45) is 4.63. The van der Waals surface area contributed by atoms with E-state index in [1.165, 1.54) is 5.69 Å². The molecule has 0 spiro atoms. The molecule has 134 valence electrons. The highest BCUT2D eigenvalue weighted by Crippen LogP contribution is 2.22. The first-order valence-corrected chi connectivity index (χ1v) is 9.20. The van der Waals surface area contributed by atoms with Gasteiger partial charge in [-0.25, -0.2) is 0 Å². The van der Waals surface area contributed by atoms with E-state index >= 15 is 0 Å². The van der Waals surface area contributed by atoms with E-state index in [-0.39, 0.29) is 18.1 Å². The molecule has 0 aromatic carbocycles. The van der Waals surface area contributed by atoms with E-state index in [4.69, 9.17) is 4.74 Å². The van der Waals surface area contributed by atoms with Gasteiger partial charge in [0.05, 0.1) is 24.4 Å². The first kappa shape index (κ1) is 17.4. The van der Waals surface area contributed by atoms with Crippen LogP contribution >= 0.6 is 0 Å². The quantitative estimate of drug-likeness (QED) is 0.859. The molecule has 6 nitrogen and oxygen atoms in total.